The summed E-state index contributed by atoms with van der Waals surface area (Å²) in [7, 11) is 0. The van der Waals surface area contributed by atoms with Crippen LogP contribution in [0.15, 0.2) is 46.9 Å². The molecule has 0 aliphatic carbocycles. The molecule has 100 valence electrons. The van der Waals surface area contributed by atoms with Crippen molar-refractivity contribution < 1.29 is 9.50 Å². The molecular formula is C15H15BrFNO. The summed E-state index contributed by atoms with van der Waals surface area (Å²) in [5, 5.41) is 12.8. The number of halogens is 2. The van der Waals surface area contributed by atoms with Gasteiger partial charge >= 0.3 is 0 Å². The fourth-order valence-corrected chi connectivity index (χ4v) is 2.23. The normalized spacial score (nSPS) is 12.4. The molecule has 2 rings (SSSR count). The number of rotatable bonds is 4. The fourth-order valence-electron chi connectivity index (χ4n) is 1.80. The Morgan fingerprint density at radius 1 is 1.21 bits per heavy atom. The van der Waals surface area contributed by atoms with Gasteiger partial charge in [-0.15, -0.1) is 0 Å². The zero-order chi connectivity index (χ0) is 13.8. The van der Waals surface area contributed by atoms with Gasteiger partial charge in [0.2, 0.25) is 0 Å². The van der Waals surface area contributed by atoms with Gasteiger partial charge in [-0.25, -0.2) is 4.39 Å². The van der Waals surface area contributed by atoms with E-state index in [0.717, 1.165) is 11.1 Å². The summed E-state index contributed by atoms with van der Waals surface area (Å²) in [6.07, 6.45) is 0. The fraction of sp³-hybridized carbons (Fsp3) is 0.200. The predicted octanol–water partition coefficient (Wildman–Crippen LogP) is 4.14. The van der Waals surface area contributed by atoms with E-state index < -0.39 is 0 Å². The molecule has 0 fully saturated rings. The molecule has 4 heteroatoms. The van der Waals surface area contributed by atoms with E-state index >= 15 is 0 Å². The summed E-state index contributed by atoms with van der Waals surface area (Å²) >= 11 is 3.29. The van der Waals surface area contributed by atoms with Gasteiger partial charge in [-0.3, -0.25) is 0 Å². The van der Waals surface area contributed by atoms with Crippen molar-refractivity contribution in [1.29, 1.82) is 0 Å². The SMILES string of the molecule is CC(NCc1ccc(O)c(Br)c1)c1ccc(F)cc1. The van der Waals surface area contributed by atoms with Crippen LogP contribution in [0.4, 0.5) is 4.39 Å². The third kappa shape index (κ3) is 3.78. The molecule has 0 amide bonds. The molecule has 2 nitrogen and oxygen atoms in total. The zero-order valence-corrected chi connectivity index (χ0v) is 12.1. The third-order valence-electron chi connectivity index (χ3n) is 2.99. The summed E-state index contributed by atoms with van der Waals surface area (Å²) in [5.41, 5.74) is 2.11. The first kappa shape index (κ1) is 14.0. The Kier molecular flexibility index (Phi) is 4.56. The molecular weight excluding hydrogens is 309 g/mol. The highest BCUT2D eigenvalue weighted by Gasteiger charge is 2.06. The van der Waals surface area contributed by atoms with Crippen LogP contribution >= 0.6 is 15.9 Å². The second-order valence-electron chi connectivity index (χ2n) is 4.44. The van der Waals surface area contributed by atoms with Gasteiger partial charge in [-0.2, -0.15) is 0 Å². The number of aromatic hydroxyl groups is 1. The maximum Gasteiger partial charge on any atom is 0.129 e. The Hall–Kier alpha value is -1.39. The second-order valence-corrected chi connectivity index (χ2v) is 5.29. The third-order valence-corrected chi connectivity index (χ3v) is 3.63. The summed E-state index contributed by atoms with van der Waals surface area (Å²) < 4.78 is 13.5. The maximum atomic E-state index is 12.8. The molecule has 0 saturated heterocycles. The van der Waals surface area contributed by atoms with Crippen molar-refractivity contribution in [1.82, 2.24) is 5.32 Å². The van der Waals surface area contributed by atoms with Gasteiger partial charge in [-0.05, 0) is 58.2 Å². The summed E-state index contributed by atoms with van der Waals surface area (Å²) in [5.74, 6) is 0.00810. The van der Waals surface area contributed by atoms with E-state index in [1.54, 1.807) is 18.2 Å². The van der Waals surface area contributed by atoms with Crippen LogP contribution in [-0.4, -0.2) is 5.11 Å². The van der Waals surface area contributed by atoms with E-state index in [0.29, 0.717) is 11.0 Å². The molecule has 0 spiro atoms. The minimum atomic E-state index is -0.224. The lowest BCUT2D eigenvalue weighted by atomic mass is 10.1. The van der Waals surface area contributed by atoms with E-state index in [1.807, 2.05) is 19.1 Å². The Labute approximate surface area is 120 Å². The average Bonchev–Trinajstić information content (AvgIpc) is 2.40. The van der Waals surface area contributed by atoms with E-state index in [-0.39, 0.29) is 17.6 Å². The first-order chi connectivity index (χ1) is 9.06. The Morgan fingerprint density at radius 3 is 2.53 bits per heavy atom. The van der Waals surface area contributed by atoms with Crippen molar-refractivity contribution in [3.8, 4) is 5.75 Å². The van der Waals surface area contributed by atoms with Crippen molar-refractivity contribution in [3.63, 3.8) is 0 Å². The molecule has 0 bridgehead atoms. The van der Waals surface area contributed by atoms with E-state index in [9.17, 15) is 9.50 Å². The number of phenols is 1. The van der Waals surface area contributed by atoms with Gasteiger partial charge < -0.3 is 10.4 Å². The quantitative estimate of drug-likeness (QED) is 0.886. The van der Waals surface area contributed by atoms with Gasteiger partial charge in [-0.1, -0.05) is 18.2 Å². The first-order valence-corrected chi connectivity index (χ1v) is 6.82. The highest BCUT2D eigenvalue weighted by molar-refractivity contribution is 9.10. The number of hydrogen-bond acceptors (Lipinski definition) is 2. The number of benzene rings is 2. The summed E-state index contributed by atoms with van der Waals surface area (Å²) in [6, 6.07) is 12.0. The molecule has 0 aromatic heterocycles. The Morgan fingerprint density at radius 2 is 1.89 bits per heavy atom. The first-order valence-electron chi connectivity index (χ1n) is 6.02. The molecule has 2 aromatic carbocycles. The predicted molar refractivity (Wildman–Crippen MR) is 77.5 cm³/mol. The summed E-state index contributed by atoms with van der Waals surface area (Å²) in [6.45, 7) is 2.71. The van der Waals surface area contributed by atoms with Gasteiger partial charge in [0.25, 0.3) is 0 Å². The topological polar surface area (TPSA) is 32.3 Å². The van der Waals surface area contributed by atoms with Crippen LogP contribution in [0.25, 0.3) is 0 Å². The van der Waals surface area contributed by atoms with Crippen LogP contribution in [0.1, 0.15) is 24.1 Å². The Bertz CT molecular complexity index is 557. The van der Waals surface area contributed by atoms with Crippen LogP contribution in [0, 0.1) is 5.82 Å². The lowest BCUT2D eigenvalue weighted by molar-refractivity contribution is 0.471. The largest absolute Gasteiger partial charge is 0.507 e. The van der Waals surface area contributed by atoms with Crippen molar-refractivity contribution in [3.05, 3.63) is 63.9 Å². The lowest BCUT2D eigenvalue weighted by Crippen LogP contribution is -2.18. The molecule has 0 radical (unpaired) electrons. The van der Waals surface area contributed by atoms with Gasteiger partial charge in [0, 0.05) is 12.6 Å². The second kappa shape index (κ2) is 6.17. The van der Waals surface area contributed by atoms with Gasteiger partial charge in [0.05, 0.1) is 4.47 Å². The molecule has 1 atom stereocenters. The number of phenolic OH excluding ortho intramolecular Hbond substituents is 1. The smallest absolute Gasteiger partial charge is 0.129 e. The summed E-state index contributed by atoms with van der Waals surface area (Å²) in [4.78, 5) is 0. The van der Waals surface area contributed by atoms with Crippen LogP contribution < -0.4 is 5.32 Å². The van der Waals surface area contributed by atoms with E-state index in [4.69, 9.17) is 0 Å². The highest BCUT2D eigenvalue weighted by Crippen LogP contribution is 2.24. The molecule has 0 aliphatic rings. The molecule has 0 heterocycles. The monoisotopic (exact) mass is 323 g/mol. The van der Waals surface area contributed by atoms with Crippen molar-refractivity contribution >= 4 is 15.9 Å². The number of nitrogens with one attached hydrogen (secondary N) is 1. The minimum Gasteiger partial charge on any atom is -0.507 e. The molecule has 0 aliphatic heterocycles. The van der Waals surface area contributed by atoms with Crippen molar-refractivity contribution in [2.75, 3.05) is 0 Å². The van der Waals surface area contributed by atoms with Crippen LogP contribution in [0.3, 0.4) is 0 Å². The maximum absolute atomic E-state index is 12.8. The molecule has 1 unspecified atom stereocenters. The average molecular weight is 324 g/mol. The zero-order valence-electron chi connectivity index (χ0n) is 10.5. The van der Waals surface area contributed by atoms with Gasteiger partial charge in [0.1, 0.15) is 11.6 Å². The lowest BCUT2D eigenvalue weighted by Gasteiger charge is -2.14. The van der Waals surface area contributed by atoms with Crippen LogP contribution in [0.5, 0.6) is 5.75 Å². The van der Waals surface area contributed by atoms with Crippen molar-refractivity contribution in [2.24, 2.45) is 0 Å². The van der Waals surface area contributed by atoms with Crippen molar-refractivity contribution in [2.45, 2.75) is 19.5 Å². The highest BCUT2D eigenvalue weighted by atomic mass is 79.9. The van der Waals surface area contributed by atoms with Crippen LogP contribution in [-0.2, 0) is 6.54 Å². The Balaban J connectivity index is 1.98. The van der Waals surface area contributed by atoms with Crippen LogP contribution in [0.2, 0.25) is 0 Å². The molecule has 0 saturated carbocycles. The van der Waals surface area contributed by atoms with Gasteiger partial charge in [0.15, 0.2) is 0 Å². The standard InChI is InChI=1S/C15H15BrFNO/c1-10(12-3-5-13(17)6-4-12)18-9-11-2-7-15(19)14(16)8-11/h2-8,10,18-19H,9H2,1H3. The number of hydrogen-bond donors (Lipinski definition) is 2. The molecule has 19 heavy (non-hydrogen) atoms. The van der Waals surface area contributed by atoms with E-state index in [1.165, 1.54) is 12.1 Å². The minimum absolute atomic E-state index is 0.133. The van der Waals surface area contributed by atoms with E-state index in [2.05, 4.69) is 21.2 Å². The molecule has 2 N–H and O–H groups in total. The molecule has 2 aromatic rings.